The van der Waals surface area contributed by atoms with Crippen LogP contribution in [0.5, 0.6) is 5.75 Å². The maximum atomic E-state index is 11.8. The Morgan fingerprint density at radius 2 is 2.22 bits per heavy atom. The van der Waals surface area contributed by atoms with Crippen LogP contribution in [0.2, 0.25) is 0 Å². The summed E-state index contributed by atoms with van der Waals surface area (Å²) in [6.45, 7) is 1.98. The van der Waals surface area contributed by atoms with Gasteiger partial charge in [0.25, 0.3) is 0 Å². The largest absolute Gasteiger partial charge is 0.502 e. The Balaban J connectivity index is 1.96. The van der Waals surface area contributed by atoms with Gasteiger partial charge in [0, 0.05) is 26.1 Å². The molecule has 0 bridgehead atoms. The molecule has 3 N–H and O–H groups in total. The van der Waals surface area contributed by atoms with E-state index in [1.54, 1.807) is 11.7 Å². The van der Waals surface area contributed by atoms with Crippen molar-refractivity contribution in [3.63, 3.8) is 0 Å². The van der Waals surface area contributed by atoms with E-state index >= 15 is 0 Å². The highest BCUT2D eigenvalue weighted by molar-refractivity contribution is 5.87. The Kier molecular flexibility index (Phi) is 4.74. The van der Waals surface area contributed by atoms with Crippen molar-refractivity contribution < 1.29 is 14.8 Å². The quantitative estimate of drug-likeness (QED) is 0.561. The van der Waals surface area contributed by atoms with Gasteiger partial charge in [0.15, 0.2) is 5.75 Å². The summed E-state index contributed by atoms with van der Waals surface area (Å²) in [5.41, 5.74) is 0.0663. The number of urea groups is 1. The van der Waals surface area contributed by atoms with Crippen LogP contribution < -0.4 is 10.6 Å². The highest BCUT2D eigenvalue weighted by atomic mass is 16.6. The number of aryl methyl sites for hydroxylation is 2. The van der Waals surface area contributed by atoms with Crippen molar-refractivity contribution in [3.05, 3.63) is 39.7 Å². The van der Waals surface area contributed by atoms with Crippen LogP contribution in [0.25, 0.3) is 0 Å². The third-order valence-corrected chi connectivity index (χ3v) is 3.08. The molecule has 0 atom stereocenters. The first-order chi connectivity index (χ1) is 10.9. The van der Waals surface area contributed by atoms with Gasteiger partial charge in [-0.05, 0) is 11.6 Å². The van der Waals surface area contributed by atoms with E-state index in [0.717, 1.165) is 5.82 Å². The number of anilines is 1. The molecule has 1 aromatic carbocycles. The Hall–Kier alpha value is -3.17. The molecule has 10 nitrogen and oxygen atoms in total. The number of aromatic nitrogens is 3. The number of aromatic hydroxyl groups is 1. The fourth-order valence-electron chi connectivity index (χ4n) is 1.93. The molecule has 0 saturated carbocycles. The van der Waals surface area contributed by atoms with E-state index in [2.05, 4.69) is 20.7 Å². The molecule has 0 aliphatic carbocycles. The van der Waals surface area contributed by atoms with Gasteiger partial charge >= 0.3 is 11.7 Å². The third-order valence-electron chi connectivity index (χ3n) is 3.08. The number of hydrogen-bond donors (Lipinski definition) is 3. The van der Waals surface area contributed by atoms with Crippen molar-refractivity contribution >= 4 is 17.7 Å². The monoisotopic (exact) mass is 320 g/mol. The SMILES string of the molecule is CCc1nc(NC(=O)NCc2ccc(O)c([N+](=O)[O-])c2)nn1C. The zero-order chi connectivity index (χ0) is 17.0. The molecule has 2 aromatic rings. The lowest BCUT2D eigenvalue weighted by Crippen LogP contribution is -2.28. The van der Waals surface area contributed by atoms with Crippen LogP contribution in [0.4, 0.5) is 16.4 Å². The lowest BCUT2D eigenvalue weighted by atomic mass is 10.2. The van der Waals surface area contributed by atoms with Crippen LogP contribution >= 0.6 is 0 Å². The average molecular weight is 320 g/mol. The number of nitro groups is 1. The van der Waals surface area contributed by atoms with Gasteiger partial charge in [-0.15, -0.1) is 5.10 Å². The van der Waals surface area contributed by atoms with Crippen LogP contribution in [-0.2, 0) is 20.0 Å². The lowest BCUT2D eigenvalue weighted by Gasteiger charge is -2.05. The second-order valence-corrected chi connectivity index (χ2v) is 4.72. The molecule has 0 aliphatic rings. The molecule has 2 rings (SSSR count). The summed E-state index contributed by atoms with van der Waals surface area (Å²) >= 11 is 0. The number of benzene rings is 1. The summed E-state index contributed by atoms with van der Waals surface area (Å²) in [5, 5.41) is 29.2. The Bertz CT molecular complexity index is 742. The summed E-state index contributed by atoms with van der Waals surface area (Å²) < 4.78 is 1.57. The number of phenols is 1. The summed E-state index contributed by atoms with van der Waals surface area (Å²) in [6.07, 6.45) is 0.684. The van der Waals surface area contributed by atoms with E-state index in [-0.39, 0.29) is 12.5 Å². The number of hydrogen-bond acceptors (Lipinski definition) is 6. The Morgan fingerprint density at radius 3 is 2.83 bits per heavy atom. The maximum absolute atomic E-state index is 11.8. The molecule has 0 radical (unpaired) electrons. The lowest BCUT2D eigenvalue weighted by molar-refractivity contribution is -0.385. The Labute approximate surface area is 131 Å². The van der Waals surface area contributed by atoms with Crippen molar-refractivity contribution in [2.45, 2.75) is 19.9 Å². The van der Waals surface area contributed by atoms with Gasteiger partial charge in [-0.3, -0.25) is 20.1 Å². The number of amides is 2. The van der Waals surface area contributed by atoms with Crippen LogP contribution in [-0.4, -0.2) is 30.8 Å². The highest BCUT2D eigenvalue weighted by Crippen LogP contribution is 2.26. The van der Waals surface area contributed by atoms with Gasteiger partial charge in [0.1, 0.15) is 5.82 Å². The smallest absolute Gasteiger partial charge is 0.321 e. The van der Waals surface area contributed by atoms with Crippen LogP contribution in [0.1, 0.15) is 18.3 Å². The number of nitro benzene ring substituents is 1. The molecule has 10 heteroatoms. The van der Waals surface area contributed by atoms with Crippen molar-refractivity contribution in [1.29, 1.82) is 0 Å². The van der Waals surface area contributed by atoms with Crippen molar-refractivity contribution in [3.8, 4) is 5.75 Å². The Morgan fingerprint density at radius 1 is 1.48 bits per heavy atom. The second-order valence-electron chi connectivity index (χ2n) is 4.72. The van der Waals surface area contributed by atoms with E-state index in [0.29, 0.717) is 12.0 Å². The van der Waals surface area contributed by atoms with Crippen LogP contribution in [0.3, 0.4) is 0 Å². The number of phenolic OH excluding ortho intramolecular Hbond substituents is 1. The van der Waals surface area contributed by atoms with Gasteiger partial charge in [-0.1, -0.05) is 13.0 Å². The molecule has 2 amide bonds. The van der Waals surface area contributed by atoms with Crippen molar-refractivity contribution in [1.82, 2.24) is 20.1 Å². The van der Waals surface area contributed by atoms with E-state index in [4.69, 9.17) is 0 Å². The normalized spacial score (nSPS) is 10.3. The first-order valence-corrected chi connectivity index (χ1v) is 6.81. The molecule has 23 heavy (non-hydrogen) atoms. The van der Waals surface area contributed by atoms with Gasteiger partial charge in [-0.25, -0.2) is 4.79 Å². The summed E-state index contributed by atoms with van der Waals surface area (Å²) in [7, 11) is 1.73. The molecule has 0 saturated heterocycles. The number of carbonyl (C=O) groups is 1. The van der Waals surface area contributed by atoms with E-state index < -0.39 is 22.4 Å². The van der Waals surface area contributed by atoms with Crippen molar-refractivity contribution in [2.75, 3.05) is 5.32 Å². The fraction of sp³-hybridized carbons (Fsp3) is 0.308. The highest BCUT2D eigenvalue weighted by Gasteiger charge is 2.14. The van der Waals surface area contributed by atoms with Crippen LogP contribution in [0.15, 0.2) is 18.2 Å². The van der Waals surface area contributed by atoms with Gasteiger partial charge in [0.05, 0.1) is 4.92 Å². The van der Waals surface area contributed by atoms with Gasteiger partial charge < -0.3 is 10.4 Å². The maximum Gasteiger partial charge on any atom is 0.321 e. The third kappa shape index (κ3) is 3.93. The molecule has 1 aromatic heterocycles. The standard InChI is InChI=1S/C13H16N6O4/c1-3-11-15-12(17-18(11)2)16-13(21)14-7-8-4-5-10(20)9(6-8)19(22)23/h4-6,20H,3,7H2,1-2H3,(H2,14,16,17,21). The summed E-state index contributed by atoms with van der Waals surface area (Å²) in [5.74, 6) is 0.487. The molecule has 122 valence electrons. The minimum absolute atomic E-state index is 0.0560. The molecule has 0 unspecified atom stereocenters. The van der Waals surface area contributed by atoms with E-state index in [1.807, 2.05) is 6.92 Å². The zero-order valence-corrected chi connectivity index (χ0v) is 12.6. The number of nitrogens with zero attached hydrogens (tertiary/aromatic N) is 4. The van der Waals surface area contributed by atoms with Crippen LogP contribution in [0, 0.1) is 10.1 Å². The molecule has 0 aliphatic heterocycles. The summed E-state index contributed by atoms with van der Waals surface area (Å²) in [4.78, 5) is 26.0. The van der Waals surface area contributed by atoms with Gasteiger partial charge in [0.2, 0.25) is 5.95 Å². The van der Waals surface area contributed by atoms with Crippen molar-refractivity contribution in [2.24, 2.45) is 7.05 Å². The molecular formula is C13H16N6O4. The number of carbonyl (C=O) groups excluding carboxylic acids is 1. The predicted octanol–water partition coefficient (Wildman–Crippen LogP) is 1.31. The first kappa shape index (κ1) is 16.2. The number of rotatable bonds is 5. The molecule has 0 fully saturated rings. The molecular weight excluding hydrogens is 304 g/mol. The van der Waals surface area contributed by atoms with E-state index in [1.165, 1.54) is 18.2 Å². The minimum Gasteiger partial charge on any atom is -0.502 e. The number of nitrogens with one attached hydrogen (secondary N) is 2. The predicted molar refractivity (Wildman–Crippen MR) is 81.0 cm³/mol. The topological polar surface area (TPSA) is 135 Å². The first-order valence-electron chi connectivity index (χ1n) is 6.81. The summed E-state index contributed by atoms with van der Waals surface area (Å²) in [6, 6.07) is 3.36. The van der Waals surface area contributed by atoms with Gasteiger partial charge in [-0.2, -0.15) is 4.98 Å². The average Bonchev–Trinajstić information content (AvgIpc) is 2.85. The molecule has 1 heterocycles. The van der Waals surface area contributed by atoms with E-state index in [9.17, 15) is 20.0 Å². The molecule has 0 spiro atoms. The second kappa shape index (κ2) is 6.73. The zero-order valence-electron chi connectivity index (χ0n) is 12.6. The fourth-order valence-corrected chi connectivity index (χ4v) is 1.93. The minimum atomic E-state index is -0.691.